The topological polar surface area (TPSA) is 36.0 Å². The van der Waals surface area contributed by atoms with Crippen LogP contribution < -0.4 is 14.5 Å². The second-order valence-corrected chi connectivity index (χ2v) is 8.02. The standard InChI is InChI=1S/C25H27N3O2/c1-26(2)20-14-10-18(11-15-20)25(19-12-16-21(17-13-19)27(3)4)22-8-6-7-9-23(22)30-24(29)28(25)5/h6-17H,1-5H3. The van der Waals surface area contributed by atoms with Crippen LogP contribution in [0.1, 0.15) is 16.7 Å². The Bertz CT molecular complexity index is 1010. The van der Waals surface area contributed by atoms with E-state index in [4.69, 9.17) is 4.74 Å². The van der Waals surface area contributed by atoms with Crippen molar-refractivity contribution in [1.29, 1.82) is 0 Å². The normalized spacial score (nSPS) is 14.7. The van der Waals surface area contributed by atoms with Gasteiger partial charge in [-0.2, -0.15) is 0 Å². The molecule has 0 spiro atoms. The molecule has 3 aromatic carbocycles. The van der Waals surface area contributed by atoms with Crippen molar-refractivity contribution in [2.24, 2.45) is 0 Å². The first kappa shape index (κ1) is 19.8. The van der Waals surface area contributed by atoms with Gasteiger partial charge in [-0.25, -0.2) is 4.79 Å². The number of hydrogen-bond donors (Lipinski definition) is 0. The van der Waals surface area contributed by atoms with E-state index in [2.05, 4.69) is 58.3 Å². The molecular formula is C25H27N3O2. The molecular weight excluding hydrogens is 374 g/mol. The van der Waals surface area contributed by atoms with E-state index in [0.29, 0.717) is 5.75 Å². The van der Waals surface area contributed by atoms with Crippen LogP contribution in [0, 0.1) is 0 Å². The molecule has 0 N–H and O–H groups in total. The largest absolute Gasteiger partial charge is 0.416 e. The monoisotopic (exact) mass is 401 g/mol. The summed E-state index contributed by atoms with van der Waals surface area (Å²) in [5.74, 6) is 0.592. The highest BCUT2D eigenvalue weighted by molar-refractivity contribution is 5.79. The van der Waals surface area contributed by atoms with E-state index in [9.17, 15) is 4.79 Å². The summed E-state index contributed by atoms with van der Waals surface area (Å²) in [6, 6.07) is 24.5. The SMILES string of the molecule is CN(C)c1ccc(C2(c3ccc(N(C)C)cc3)c3ccccc3OC(=O)N2C)cc1. The average Bonchev–Trinajstić information content (AvgIpc) is 2.75. The van der Waals surface area contributed by atoms with Gasteiger partial charge in [0.05, 0.1) is 0 Å². The molecule has 30 heavy (non-hydrogen) atoms. The van der Waals surface area contributed by atoms with Crippen molar-refractivity contribution >= 4 is 17.5 Å². The van der Waals surface area contributed by atoms with Gasteiger partial charge in [0, 0.05) is 52.2 Å². The third-order valence-electron chi connectivity index (χ3n) is 5.85. The van der Waals surface area contributed by atoms with E-state index in [1.165, 1.54) is 0 Å². The average molecular weight is 402 g/mol. The maximum absolute atomic E-state index is 13.0. The molecule has 5 heteroatoms. The van der Waals surface area contributed by atoms with E-state index < -0.39 is 5.54 Å². The second-order valence-electron chi connectivity index (χ2n) is 8.02. The van der Waals surface area contributed by atoms with Crippen molar-refractivity contribution in [3.63, 3.8) is 0 Å². The molecule has 0 atom stereocenters. The first-order chi connectivity index (χ1) is 14.4. The van der Waals surface area contributed by atoms with Crippen molar-refractivity contribution in [2.45, 2.75) is 5.54 Å². The van der Waals surface area contributed by atoms with Gasteiger partial charge in [0.1, 0.15) is 11.3 Å². The lowest BCUT2D eigenvalue weighted by molar-refractivity contribution is 0.115. The highest BCUT2D eigenvalue weighted by Crippen LogP contribution is 2.48. The van der Waals surface area contributed by atoms with Gasteiger partial charge < -0.3 is 14.5 Å². The first-order valence-electron chi connectivity index (χ1n) is 9.96. The Hall–Kier alpha value is -3.47. The van der Waals surface area contributed by atoms with E-state index >= 15 is 0 Å². The fraction of sp³-hybridized carbons (Fsp3) is 0.240. The Labute approximate surface area is 178 Å². The van der Waals surface area contributed by atoms with Crippen LogP contribution in [0.5, 0.6) is 5.75 Å². The number of nitrogens with zero attached hydrogens (tertiary/aromatic N) is 3. The quantitative estimate of drug-likeness (QED) is 0.642. The van der Waals surface area contributed by atoms with Crippen LogP contribution in [0.25, 0.3) is 0 Å². The Kier molecular flexibility index (Phi) is 4.90. The zero-order chi connectivity index (χ0) is 21.5. The Morgan fingerprint density at radius 2 is 1.20 bits per heavy atom. The molecule has 154 valence electrons. The Morgan fingerprint density at radius 3 is 1.67 bits per heavy atom. The number of fused-ring (bicyclic) bond motifs is 1. The molecule has 0 bridgehead atoms. The molecule has 1 amide bonds. The summed E-state index contributed by atoms with van der Waals surface area (Å²) in [5, 5.41) is 0. The third kappa shape index (κ3) is 2.98. The maximum atomic E-state index is 13.0. The minimum absolute atomic E-state index is 0.373. The fourth-order valence-corrected chi connectivity index (χ4v) is 4.20. The summed E-state index contributed by atoms with van der Waals surface area (Å²) in [5.41, 5.74) is 4.39. The van der Waals surface area contributed by atoms with Gasteiger partial charge in [-0.15, -0.1) is 0 Å². The number of para-hydroxylation sites is 1. The van der Waals surface area contributed by atoms with Gasteiger partial charge in [0.15, 0.2) is 0 Å². The minimum Gasteiger partial charge on any atom is -0.410 e. The van der Waals surface area contributed by atoms with Crippen LogP contribution in [0.4, 0.5) is 16.2 Å². The molecule has 0 saturated heterocycles. The first-order valence-corrected chi connectivity index (χ1v) is 9.96. The second kappa shape index (κ2) is 7.41. The fourth-order valence-electron chi connectivity index (χ4n) is 4.20. The van der Waals surface area contributed by atoms with Gasteiger partial charge in [-0.05, 0) is 41.5 Å². The van der Waals surface area contributed by atoms with Gasteiger partial charge in [0.2, 0.25) is 0 Å². The lowest BCUT2D eigenvalue weighted by Gasteiger charge is -2.46. The highest BCUT2D eigenvalue weighted by Gasteiger charge is 2.48. The van der Waals surface area contributed by atoms with Crippen molar-refractivity contribution in [1.82, 2.24) is 4.90 Å². The van der Waals surface area contributed by atoms with Gasteiger partial charge in [-0.1, -0.05) is 42.5 Å². The summed E-state index contributed by atoms with van der Waals surface area (Å²) >= 11 is 0. The smallest absolute Gasteiger partial charge is 0.410 e. The number of rotatable bonds is 4. The van der Waals surface area contributed by atoms with E-state index in [-0.39, 0.29) is 6.09 Å². The molecule has 5 nitrogen and oxygen atoms in total. The summed E-state index contributed by atoms with van der Waals surface area (Å²) in [6.07, 6.45) is -0.373. The summed E-state index contributed by atoms with van der Waals surface area (Å²) in [4.78, 5) is 18.8. The van der Waals surface area contributed by atoms with Gasteiger partial charge in [-0.3, -0.25) is 4.90 Å². The number of benzene rings is 3. The zero-order valence-corrected chi connectivity index (χ0v) is 18.1. The van der Waals surface area contributed by atoms with Crippen LogP contribution in [0.2, 0.25) is 0 Å². The predicted molar refractivity (Wildman–Crippen MR) is 122 cm³/mol. The summed E-state index contributed by atoms with van der Waals surface area (Å²) in [7, 11) is 9.88. The number of hydrogen-bond acceptors (Lipinski definition) is 4. The predicted octanol–water partition coefficient (Wildman–Crippen LogP) is 4.55. The van der Waals surface area contributed by atoms with Gasteiger partial charge in [0.25, 0.3) is 0 Å². The molecule has 1 aliphatic heterocycles. The molecule has 4 rings (SSSR count). The zero-order valence-electron chi connectivity index (χ0n) is 18.1. The summed E-state index contributed by atoms with van der Waals surface area (Å²) < 4.78 is 5.64. The van der Waals surface area contributed by atoms with Crippen molar-refractivity contribution in [3.05, 3.63) is 89.5 Å². The number of anilines is 2. The molecule has 0 radical (unpaired) electrons. The maximum Gasteiger partial charge on any atom is 0.416 e. The molecule has 1 heterocycles. The van der Waals surface area contributed by atoms with Crippen LogP contribution >= 0.6 is 0 Å². The van der Waals surface area contributed by atoms with Crippen LogP contribution in [0.3, 0.4) is 0 Å². The molecule has 0 fully saturated rings. The van der Waals surface area contributed by atoms with Crippen molar-refractivity contribution in [2.75, 3.05) is 45.0 Å². The molecule has 3 aromatic rings. The van der Waals surface area contributed by atoms with E-state index in [1.54, 1.807) is 11.9 Å². The molecule has 0 aliphatic carbocycles. The van der Waals surface area contributed by atoms with Gasteiger partial charge >= 0.3 is 6.09 Å². The molecule has 0 unspecified atom stereocenters. The van der Waals surface area contributed by atoms with Crippen LogP contribution in [-0.4, -0.2) is 46.2 Å². The lowest BCUT2D eigenvalue weighted by Crippen LogP contribution is -2.53. The lowest BCUT2D eigenvalue weighted by atomic mass is 9.74. The number of amides is 1. The Morgan fingerprint density at radius 1 is 0.733 bits per heavy atom. The molecule has 0 saturated carbocycles. The molecule has 1 aliphatic rings. The van der Waals surface area contributed by atoms with E-state index in [0.717, 1.165) is 28.1 Å². The third-order valence-corrected chi connectivity index (χ3v) is 5.85. The van der Waals surface area contributed by atoms with E-state index in [1.807, 2.05) is 52.5 Å². The van der Waals surface area contributed by atoms with Crippen molar-refractivity contribution < 1.29 is 9.53 Å². The number of carbonyl (C=O) groups excluding carboxylic acids is 1. The highest BCUT2D eigenvalue weighted by atomic mass is 16.6. The van der Waals surface area contributed by atoms with Crippen molar-refractivity contribution in [3.8, 4) is 5.75 Å². The molecule has 0 aromatic heterocycles. The number of ether oxygens (including phenoxy) is 1. The number of carbonyl (C=O) groups is 1. The van der Waals surface area contributed by atoms with Crippen LogP contribution in [-0.2, 0) is 5.54 Å². The Balaban J connectivity index is 2.01. The summed E-state index contributed by atoms with van der Waals surface area (Å²) in [6.45, 7) is 0. The van der Waals surface area contributed by atoms with Crippen LogP contribution in [0.15, 0.2) is 72.8 Å². The minimum atomic E-state index is -0.790.